The van der Waals surface area contributed by atoms with Crippen molar-refractivity contribution >= 4 is 0 Å². The second-order valence-electron chi connectivity index (χ2n) is 4.15. The molecule has 1 N–H and O–H groups in total. The normalized spacial score (nSPS) is 12.4. The van der Waals surface area contributed by atoms with Gasteiger partial charge in [-0.15, -0.1) is 0 Å². The van der Waals surface area contributed by atoms with Crippen LogP contribution in [0.5, 0.6) is 0 Å². The summed E-state index contributed by atoms with van der Waals surface area (Å²) in [6.07, 6.45) is -3.49. The molecule has 4 nitrogen and oxygen atoms in total. The number of hydrogen-bond donors (Lipinski definition) is 1. The number of alkyl halides is 3. The molecular formula is C10H17F3N4. The molecule has 1 rings (SSSR count). The summed E-state index contributed by atoms with van der Waals surface area (Å²) in [5.41, 5.74) is 0. The number of nitrogens with zero attached hydrogens (tertiary/aromatic N) is 3. The third kappa shape index (κ3) is 5.67. The number of aryl methyl sites for hydroxylation is 1. The Morgan fingerprint density at radius 1 is 1.41 bits per heavy atom. The molecule has 0 atom stereocenters. The van der Waals surface area contributed by atoms with Crippen LogP contribution in [0.2, 0.25) is 0 Å². The number of aromatic nitrogens is 3. The third-order valence-electron chi connectivity index (χ3n) is 2.19. The molecule has 17 heavy (non-hydrogen) atoms. The summed E-state index contributed by atoms with van der Waals surface area (Å²) in [5, 5.41) is 7.06. The first kappa shape index (κ1) is 14.0. The van der Waals surface area contributed by atoms with Crippen molar-refractivity contribution in [3.05, 3.63) is 12.2 Å². The SMILES string of the molecule is CC(C)NCc1ncnn1CCCC(F)(F)F. The average molecular weight is 250 g/mol. The molecule has 1 heterocycles. The van der Waals surface area contributed by atoms with Gasteiger partial charge in [-0.2, -0.15) is 18.3 Å². The Morgan fingerprint density at radius 3 is 2.71 bits per heavy atom. The van der Waals surface area contributed by atoms with Crippen LogP contribution in [-0.4, -0.2) is 27.0 Å². The van der Waals surface area contributed by atoms with Gasteiger partial charge in [0.1, 0.15) is 12.2 Å². The lowest BCUT2D eigenvalue weighted by Crippen LogP contribution is -2.24. The van der Waals surface area contributed by atoms with Crippen molar-refractivity contribution in [2.45, 2.75) is 52.0 Å². The van der Waals surface area contributed by atoms with Gasteiger partial charge in [-0.25, -0.2) is 9.67 Å². The lowest BCUT2D eigenvalue weighted by molar-refractivity contribution is -0.136. The summed E-state index contributed by atoms with van der Waals surface area (Å²) in [6.45, 7) is 4.74. The van der Waals surface area contributed by atoms with Gasteiger partial charge >= 0.3 is 6.18 Å². The van der Waals surface area contributed by atoms with Crippen LogP contribution in [0.4, 0.5) is 13.2 Å². The summed E-state index contributed by atoms with van der Waals surface area (Å²) in [5.74, 6) is 0.667. The second kappa shape index (κ2) is 6.00. The Hall–Kier alpha value is -1.11. The van der Waals surface area contributed by atoms with Crippen molar-refractivity contribution < 1.29 is 13.2 Å². The van der Waals surface area contributed by atoms with E-state index in [2.05, 4.69) is 15.4 Å². The average Bonchev–Trinajstić information content (AvgIpc) is 2.60. The summed E-state index contributed by atoms with van der Waals surface area (Å²) < 4.78 is 37.5. The Bertz CT molecular complexity index is 333. The van der Waals surface area contributed by atoms with Crippen LogP contribution in [0.15, 0.2) is 6.33 Å². The standard InChI is InChI=1S/C10H17F3N4/c1-8(2)14-6-9-15-7-16-17(9)5-3-4-10(11,12)13/h7-8,14H,3-6H2,1-2H3. The second-order valence-corrected chi connectivity index (χ2v) is 4.15. The van der Waals surface area contributed by atoms with Gasteiger partial charge in [0.2, 0.25) is 0 Å². The predicted molar refractivity (Wildman–Crippen MR) is 57.3 cm³/mol. The number of nitrogens with one attached hydrogen (secondary N) is 1. The van der Waals surface area contributed by atoms with E-state index in [1.807, 2.05) is 13.8 Å². The summed E-state index contributed by atoms with van der Waals surface area (Å²) in [6, 6.07) is 0.301. The molecule has 0 saturated heterocycles. The number of hydrogen-bond acceptors (Lipinski definition) is 3. The van der Waals surface area contributed by atoms with E-state index < -0.39 is 12.6 Å². The smallest absolute Gasteiger partial charge is 0.308 e. The third-order valence-corrected chi connectivity index (χ3v) is 2.19. The molecule has 1 aromatic rings. The van der Waals surface area contributed by atoms with Gasteiger partial charge in [0.25, 0.3) is 0 Å². The highest BCUT2D eigenvalue weighted by molar-refractivity contribution is 4.84. The fraction of sp³-hybridized carbons (Fsp3) is 0.800. The maximum atomic E-state index is 12.0. The molecule has 0 aromatic carbocycles. The quantitative estimate of drug-likeness (QED) is 0.841. The van der Waals surface area contributed by atoms with Gasteiger partial charge in [0.05, 0.1) is 6.54 Å². The van der Waals surface area contributed by atoms with Gasteiger partial charge in [-0.3, -0.25) is 0 Å². The zero-order chi connectivity index (χ0) is 12.9. The van der Waals surface area contributed by atoms with Gasteiger partial charge in [0, 0.05) is 19.0 Å². The van der Waals surface area contributed by atoms with Crippen molar-refractivity contribution in [1.82, 2.24) is 20.1 Å². The monoisotopic (exact) mass is 250 g/mol. The van der Waals surface area contributed by atoms with E-state index in [1.165, 1.54) is 11.0 Å². The van der Waals surface area contributed by atoms with Crippen LogP contribution >= 0.6 is 0 Å². The highest BCUT2D eigenvalue weighted by atomic mass is 19.4. The van der Waals surface area contributed by atoms with Crippen LogP contribution in [0.1, 0.15) is 32.5 Å². The minimum absolute atomic E-state index is 0.0293. The van der Waals surface area contributed by atoms with Crippen molar-refractivity contribution in [2.24, 2.45) is 0 Å². The van der Waals surface area contributed by atoms with E-state index in [0.29, 0.717) is 18.4 Å². The molecular weight excluding hydrogens is 233 g/mol. The fourth-order valence-electron chi connectivity index (χ4n) is 1.34. The van der Waals surface area contributed by atoms with Gasteiger partial charge in [-0.1, -0.05) is 13.8 Å². The van der Waals surface area contributed by atoms with Crippen molar-refractivity contribution in [3.8, 4) is 0 Å². The van der Waals surface area contributed by atoms with Crippen molar-refractivity contribution in [3.63, 3.8) is 0 Å². The van der Waals surface area contributed by atoms with Crippen LogP contribution in [0.3, 0.4) is 0 Å². The zero-order valence-corrected chi connectivity index (χ0v) is 9.96. The molecule has 0 amide bonds. The fourth-order valence-corrected chi connectivity index (χ4v) is 1.34. The highest BCUT2D eigenvalue weighted by Crippen LogP contribution is 2.21. The Labute approximate surface area is 98.2 Å². The molecule has 0 bridgehead atoms. The molecule has 0 saturated carbocycles. The maximum Gasteiger partial charge on any atom is 0.389 e. The molecule has 7 heteroatoms. The molecule has 0 unspecified atom stereocenters. The molecule has 1 aromatic heterocycles. The van der Waals surface area contributed by atoms with E-state index in [9.17, 15) is 13.2 Å². The number of rotatable bonds is 6. The first-order valence-corrected chi connectivity index (χ1v) is 5.55. The lowest BCUT2D eigenvalue weighted by Gasteiger charge is -2.10. The van der Waals surface area contributed by atoms with E-state index in [0.717, 1.165) is 0 Å². The molecule has 0 fully saturated rings. The van der Waals surface area contributed by atoms with Crippen molar-refractivity contribution in [2.75, 3.05) is 0 Å². The van der Waals surface area contributed by atoms with Gasteiger partial charge in [-0.05, 0) is 6.42 Å². The highest BCUT2D eigenvalue weighted by Gasteiger charge is 2.26. The maximum absolute atomic E-state index is 12.0. The van der Waals surface area contributed by atoms with Crippen LogP contribution in [0, 0.1) is 0 Å². The first-order valence-electron chi connectivity index (χ1n) is 5.55. The Balaban J connectivity index is 2.40. The topological polar surface area (TPSA) is 42.7 Å². The van der Waals surface area contributed by atoms with E-state index in [-0.39, 0.29) is 13.0 Å². The summed E-state index contributed by atoms with van der Waals surface area (Å²) >= 11 is 0. The largest absolute Gasteiger partial charge is 0.389 e. The predicted octanol–water partition coefficient (Wildman–Crippen LogP) is 2.12. The summed E-state index contributed by atoms with van der Waals surface area (Å²) in [7, 11) is 0. The Kier molecular flexibility index (Phi) is 4.92. The molecule has 0 aliphatic carbocycles. The zero-order valence-electron chi connectivity index (χ0n) is 9.96. The molecule has 0 aliphatic rings. The molecule has 0 aliphatic heterocycles. The molecule has 0 radical (unpaired) electrons. The summed E-state index contributed by atoms with van der Waals surface area (Å²) in [4.78, 5) is 4.01. The van der Waals surface area contributed by atoms with E-state index >= 15 is 0 Å². The molecule has 98 valence electrons. The number of halogens is 3. The van der Waals surface area contributed by atoms with Crippen LogP contribution < -0.4 is 5.32 Å². The van der Waals surface area contributed by atoms with Gasteiger partial charge in [0.15, 0.2) is 0 Å². The minimum Gasteiger partial charge on any atom is -0.308 e. The molecule has 0 spiro atoms. The minimum atomic E-state index is -4.10. The van der Waals surface area contributed by atoms with Gasteiger partial charge < -0.3 is 5.32 Å². The van der Waals surface area contributed by atoms with Crippen LogP contribution in [-0.2, 0) is 13.1 Å². The lowest BCUT2D eigenvalue weighted by atomic mass is 10.3. The Morgan fingerprint density at radius 2 is 2.12 bits per heavy atom. The first-order chi connectivity index (χ1) is 7.88. The van der Waals surface area contributed by atoms with Crippen molar-refractivity contribution in [1.29, 1.82) is 0 Å². The van der Waals surface area contributed by atoms with Crippen LogP contribution in [0.25, 0.3) is 0 Å². The van der Waals surface area contributed by atoms with E-state index in [4.69, 9.17) is 0 Å². The van der Waals surface area contributed by atoms with E-state index in [1.54, 1.807) is 0 Å².